The van der Waals surface area contributed by atoms with Crippen LogP contribution < -0.4 is 15.8 Å². The molecular weight excluding hydrogens is 508 g/mol. The Labute approximate surface area is 222 Å². The van der Waals surface area contributed by atoms with Gasteiger partial charge in [-0.05, 0) is 78.7 Å². The van der Waals surface area contributed by atoms with Gasteiger partial charge in [0.05, 0.1) is 16.6 Å². The van der Waals surface area contributed by atoms with E-state index in [1.54, 1.807) is 17.7 Å². The zero-order chi connectivity index (χ0) is 25.4. The van der Waals surface area contributed by atoms with Crippen LogP contribution in [0.25, 0.3) is 21.1 Å². The normalized spacial score (nSPS) is 16.0. The summed E-state index contributed by atoms with van der Waals surface area (Å²) in [6, 6.07) is 15.4. The van der Waals surface area contributed by atoms with Crippen molar-refractivity contribution in [3.05, 3.63) is 71.5 Å². The van der Waals surface area contributed by atoms with Crippen LogP contribution in [0.5, 0.6) is 11.5 Å². The molecule has 188 valence electrons. The number of ether oxygens (including phenoxy) is 1. The molecule has 0 aliphatic carbocycles. The number of fused-ring (bicyclic) bond motifs is 2. The molecule has 1 fully saturated rings. The maximum atomic E-state index is 11.8. The minimum absolute atomic E-state index is 0.189. The van der Waals surface area contributed by atoms with Gasteiger partial charge in [-0.2, -0.15) is 0 Å². The largest absolute Gasteiger partial charge is 0.456 e. The Balaban J connectivity index is 1.20. The van der Waals surface area contributed by atoms with Crippen molar-refractivity contribution in [2.75, 3.05) is 18.4 Å². The summed E-state index contributed by atoms with van der Waals surface area (Å²) in [5.74, 6) is 1.74. The topological polar surface area (TPSA) is 98.3 Å². The fraction of sp³-hybridized carbons (Fsp3) is 0.222. The van der Waals surface area contributed by atoms with Crippen molar-refractivity contribution in [1.29, 1.82) is 0 Å². The number of thiophene rings is 1. The smallest absolute Gasteiger partial charge is 0.234 e. The third-order valence-corrected chi connectivity index (χ3v) is 7.90. The molecule has 3 aromatic heterocycles. The van der Waals surface area contributed by atoms with E-state index in [0.29, 0.717) is 23.1 Å². The summed E-state index contributed by atoms with van der Waals surface area (Å²) >= 11 is 8.26. The number of halogens is 1. The summed E-state index contributed by atoms with van der Waals surface area (Å²) in [4.78, 5) is 22.8. The summed E-state index contributed by atoms with van der Waals surface area (Å²) in [6.07, 6.45) is 5.34. The summed E-state index contributed by atoms with van der Waals surface area (Å²) < 4.78 is 9.32. The lowest BCUT2D eigenvalue weighted by Gasteiger charge is -2.22. The van der Waals surface area contributed by atoms with E-state index in [4.69, 9.17) is 22.1 Å². The SMILES string of the molecule is NC(=O)[C@@H]1CCCN1CCn1ccc2ncnc(Nc3ccc(Oc4ccc5ccsc5c4)c(Cl)c3)c21. The molecule has 6 rings (SSSR count). The number of anilines is 2. The molecule has 0 unspecified atom stereocenters. The summed E-state index contributed by atoms with van der Waals surface area (Å²) in [7, 11) is 0. The predicted octanol–water partition coefficient (Wildman–Crippen LogP) is 5.79. The van der Waals surface area contributed by atoms with Crippen LogP contribution >= 0.6 is 22.9 Å². The second kappa shape index (κ2) is 10.0. The Morgan fingerprint density at radius 1 is 1.16 bits per heavy atom. The molecule has 0 bridgehead atoms. The molecular formula is C27H25ClN6O2S. The van der Waals surface area contributed by atoms with Gasteiger partial charge in [0.15, 0.2) is 5.82 Å². The van der Waals surface area contributed by atoms with Crippen LogP contribution in [0, 0.1) is 0 Å². The fourth-order valence-electron chi connectivity index (χ4n) is 4.89. The third kappa shape index (κ3) is 4.85. The highest BCUT2D eigenvalue weighted by atomic mass is 35.5. The van der Waals surface area contributed by atoms with Gasteiger partial charge in [0, 0.05) is 29.7 Å². The fourth-order valence-corrected chi connectivity index (χ4v) is 5.92. The molecule has 5 aromatic rings. The molecule has 37 heavy (non-hydrogen) atoms. The van der Waals surface area contributed by atoms with Crippen molar-refractivity contribution in [2.45, 2.75) is 25.4 Å². The maximum absolute atomic E-state index is 11.8. The second-order valence-electron chi connectivity index (χ2n) is 9.05. The third-order valence-electron chi connectivity index (χ3n) is 6.72. The number of aromatic nitrogens is 3. The number of primary amides is 1. The van der Waals surface area contributed by atoms with Gasteiger partial charge in [-0.15, -0.1) is 11.3 Å². The number of amides is 1. The molecule has 2 aromatic carbocycles. The second-order valence-corrected chi connectivity index (χ2v) is 10.4. The molecule has 10 heteroatoms. The molecule has 3 N–H and O–H groups in total. The van der Waals surface area contributed by atoms with Gasteiger partial charge >= 0.3 is 0 Å². The van der Waals surface area contributed by atoms with Crippen molar-refractivity contribution in [3.8, 4) is 11.5 Å². The van der Waals surface area contributed by atoms with E-state index in [9.17, 15) is 4.79 Å². The number of benzene rings is 2. The number of carbonyl (C=O) groups is 1. The molecule has 0 radical (unpaired) electrons. The predicted molar refractivity (Wildman–Crippen MR) is 148 cm³/mol. The minimum Gasteiger partial charge on any atom is -0.456 e. The number of hydrogen-bond acceptors (Lipinski definition) is 7. The lowest BCUT2D eigenvalue weighted by molar-refractivity contribution is -0.122. The van der Waals surface area contributed by atoms with E-state index in [1.807, 2.05) is 48.7 Å². The van der Waals surface area contributed by atoms with Crippen LogP contribution in [0.3, 0.4) is 0 Å². The van der Waals surface area contributed by atoms with Crippen LogP contribution in [-0.2, 0) is 11.3 Å². The van der Waals surface area contributed by atoms with E-state index in [1.165, 1.54) is 5.39 Å². The van der Waals surface area contributed by atoms with Crippen molar-refractivity contribution < 1.29 is 9.53 Å². The van der Waals surface area contributed by atoms with Crippen molar-refractivity contribution in [2.24, 2.45) is 5.73 Å². The highest BCUT2D eigenvalue weighted by Crippen LogP contribution is 2.35. The number of nitrogens with zero attached hydrogens (tertiary/aromatic N) is 4. The molecule has 1 atom stereocenters. The Bertz CT molecular complexity index is 1600. The van der Waals surface area contributed by atoms with Crippen LogP contribution in [0.15, 0.2) is 66.4 Å². The molecule has 1 amide bonds. The summed E-state index contributed by atoms with van der Waals surface area (Å²) in [5, 5.41) is 7.13. The van der Waals surface area contributed by atoms with Crippen molar-refractivity contribution in [3.63, 3.8) is 0 Å². The van der Waals surface area contributed by atoms with E-state index < -0.39 is 0 Å². The number of hydrogen-bond donors (Lipinski definition) is 2. The van der Waals surface area contributed by atoms with Gasteiger partial charge in [0.2, 0.25) is 5.91 Å². The van der Waals surface area contributed by atoms with Crippen molar-refractivity contribution >= 4 is 61.5 Å². The monoisotopic (exact) mass is 532 g/mol. The Hall–Kier alpha value is -3.66. The number of nitrogens with one attached hydrogen (secondary N) is 1. The van der Waals surface area contributed by atoms with Crippen LogP contribution in [0.1, 0.15) is 12.8 Å². The first-order valence-corrected chi connectivity index (χ1v) is 13.4. The van der Waals surface area contributed by atoms with Gasteiger partial charge in [-0.3, -0.25) is 9.69 Å². The van der Waals surface area contributed by atoms with Gasteiger partial charge in [0.25, 0.3) is 0 Å². The average Bonchev–Trinajstić information content (AvgIpc) is 3.64. The number of likely N-dealkylation sites (tertiary alicyclic amines) is 1. The minimum atomic E-state index is -0.253. The first-order valence-electron chi connectivity index (χ1n) is 12.1. The Morgan fingerprint density at radius 3 is 2.95 bits per heavy atom. The molecule has 4 heterocycles. The van der Waals surface area contributed by atoms with Crippen LogP contribution in [0.2, 0.25) is 5.02 Å². The van der Waals surface area contributed by atoms with Crippen molar-refractivity contribution in [1.82, 2.24) is 19.4 Å². The van der Waals surface area contributed by atoms with E-state index >= 15 is 0 Å². The molecule has 1 aliphatic heterocycles. The first kappa shape index (κ1) is 23.7. The summed E-state index contributed by atoms with van der Waals surface area (Å²) in [5.41, 5.74) is 8.09. The Kier molecular flexibility index (Phi) is 6.42. The van der Waals surface area contributed by atoms with Crippen LogP contribution in [-0.4, -0.2) is 44.5 Å². The number of carbonyl (C=O) groups excluding carboxylic acids is 1. The molecule has 1 aliphatic rings. The number of rotatable bonds is 8. The highest BCUT2D eigenvalue weighted by Gasteiger charge is 2.28. The van der Waals surface area contributed by atoms with E-state index in [0.717, 1.165) is 53.1 Å². The zero-order valence-corrected chi connectivity index (χ0v) is 21.5. The molecule has 0 saturated carbocycles. The number of nitrogens with two attached hydrogens (primary N) is 1. The molecule has 0 spiro atoms. The zero-order valence-electron chi connectivity index (χ0n) is 19.9. The average molecular weight is 533 g/mol. The maximum Gasteiger partial charge on any atom is 0.234 e. The van der Waals surface area contributed by atoms with Gasteiger partial charge in [-0.1, -0.05) is 11.6 Å². The van der Waals surface area contributed by atoms with Gasteiger partial charge < -0.3 is 20.4 Å². The summed E-state index contributed by atoms with van der Waals surface area (Å²) in [6.45, 7) is 2.29. The van der Waals surface area contributed by atoms with E-state index in [2.05, 4.69) is 36.2 Å². The lowest BCUT2D eigenvalue weighted by atomic mass is 10.2. The highest BCUT2D eigenvalue weighted by molar-refractivity contribution is 7.17. The Morgan fingerprint density at radius 2 is 2.08 bits per heavy atom. The standard InChI is InChI=1S/C27H25ClN6O2S/c28-20-14-18(4-6-23(20)36-19-5-3-17-8-13-37-24(17)15-19)32-27-25-21(30-16-31-27)7-10-34(25)12-11-33-9-1-2-22(33)26(29)35/h3-8,10,13-16,22H,1-2,9,11-12H2,(H2,29,35)(H,30,31,32)/t22-/m0/s1. The quantitative estimate of drug-likeness (QED) is 0.263. The molecule has 1 saturated heterocycles. The van der Waals surface area contributed by atoms with Crippen LogP contribution in [0.4, 0.5) is 11.5 Å². The van der Waals surface area contributed by atoms with Gasteiger partial charge in [-0.25, -0.2) is 9.97 Å². The van der Waals surface area contributed by atoms with Gasteiger partial charge in [0.1, 0.15) is 23.3 Å². The van der Waals surface area contributed by atoms with E-state index in [-0.39, 0.29) is 11.9 Å². The first-order chi connectivity index (χ1) is 18.0. The molecule has 8 nitrogen and oxygen atoms in total. The lowest BCUT2D eigenvalue weighted by Crippen LogP contribution is -2.41.